The fraction of sp³-hybridized carbons (Fsp3) is 0.620. The zero-order valence-corrected chi connectivity index (χ0v) is 37.1. The Labute approximate surface area is 344 Å². The van der Waals surface area contributed by atoms with Crippen LogP contribution in [-0.4, -0.2) is 36.4 Å². The fourth-order valence-corrected chi connectivity index (χ4v) is 8.19. The molecule has 1 N–H and O–H groups in total. The highest BCUT2D eigenvalue weighted by Crippen LogP contribution is 2.48. The first kappa shape index (κ1) is 48.1. The molecule has 0 aromatic heterocycles. The SMILES string of the molecule is CC.CC.CCCCCC.Cc1cc(C(=O)C2CCC2)ccc1NC(C)CN1CCC(c2cccc(C)c2OC(C)(c2ccc(C(F)(F)F)cc2)C2CCC2)CC1. The van der Waals surface area contributed by atoms with E-state index in [1.54, 1.807) is 12.1 Å². The lowest BCUT2D eigenvalue weighted by Crippen LogP contribution is -2.42. The van der Waals surface area contributed by atoms with Crippen molar-refractivity contribution in [3.05, 3.63) is 94.0 Å². The number of alkyl halides is 3. The summed E-state index contributed by atoms with van der Waals surface area (Å²) in [6.45, 7) is 23.8. The second-order valence-corrected chi connectivity index (χ2v) is 16.3. The number of nitrogens with zero attached hydrogens (tertiary/aromatic N) is 1. The number of ketones is 1. The molecule has 1 aliphatic heterocycles. The third-order valence-corrected chi connectivity index (χ3v) is 12.1. The number of para-hydroxylation sites is 1. The Morgan fingerprint density at radius 1 is 0.807 bits per heavy atom. The lowest BCUT2D eigenvalue weighted by atomic mass is 9.70. The molecule has 3 fully saturated rings. The van der Waals surface area contributed by atoms with Crippen molar-refractivity contribution in [1.29, 1.82) is 0 Å². The predicted octanol–water partition coefficient (Wildman–Crippen LogP) is 14.7. The van der Waals surface area contributed by atoms with Crippen molar-refractivity contribution in [2.24, 2.45) is 11.8 Å². The quantitative estimate of drug-likeness (QED) is 0.130. The first-order chi connectivity index (χ1) is 27.3. The van der Waals surface area contributed by atoms with Gasteiger partial charge in [0.1, 0.15) is 11.4 Å². The molecule has 6 rings (SSSR count). The summed E-state index contributed by atoms with van der Waals surface area (Å²) in [5, 5.41) is 3.68. The topological polar surface area (TPSA) is 41.6 Å². The van der Waals surface area contributed by atoms with Gasteiger partial charge in [-0.05, 0) is 138 Å². The van der Waals surface area contributed by atoms with Crippen molar-refractivity contribution in [2.45, 2.75) is 170 Å². The second kappa shape index (κ2) is 23.3. The predicted molar refractivity (Wildman–Crippen MR) is 235 cm³/mol. The molecule has 1 saturated heterocycles. The first-order valence-electron chi connectivity index (χ1n) is 22.4. The molecule has 3 aromatic carbocycles. The number of carbonyl (C=O) groups is 1. The Morgan fingerprint density at radius 2 is 1.39 bits per heavy atom. The van der Waals surface area contributed by atoms with Gasteiger partial charge in [-0.1, -0.05) is 110 Å². The number of nitrogens with one attached hydrogen (secondary N) is 1. The lowest BCUT2D eigenvalue weighted by molar-refractivity contribution is -0.137. The molecular formula is C50H75F3N2O2. The van der Waals surface area contributed by atoms with Gasteiger partial charge in [-0.2, -0.15) is 13.2 Å². The van der Waals surface area contributed by atoms with E-state index >= 15 is 0 Å². The summed E-state index contributed by atoms with van der Waals surface area (Å²) in [7, 11) is 0. The number of ether oxygens (including phenoxy) is 1. The minimum absolute atomic E-state index is 0.212. The number of aryl methyl sites for hydroxylation is 2. The molecule has 4 nitrogen and oxygen atoms in total. The van der Waals surface area contributed by atoms with Crippen LogP contribution in [-0.2, 0) is 11.8 Å². The Kier molecular flexibility index (Phi) is 19.7. The average Bonchev–Trinajstić information content (AvgIpc) is 3.16. The number of rotatable bonds is 14. The summed E-state index contributed by atoms with van der Waals surface area (Å²) in [4.78, 5) is 15.2. The number of hydrogen-bond acceptors (Lipinski definition) is 4. The van der Waals surface area contributed by atoms with Crippen molar-refractivity contribution in [3.8, 4) is 5.75 Å². The molecule has 1 heterocycles. The van der Waals surface area contributed by atoms with Gasteiger partial charge in [0.25, 0.3) is 0 Å². The van der Waals surface area contributed by atoms with Crippen LogP contribution in [0.3, 0.4) is 0 Å². The maximum Gasteiger partial charge on any atom is 0.416 e. The highest BCUT2D eigenvalue weighted by atomic mass is 19.4. The van der Waals surface area contributed by atoms with Crippen molar-refractivity contribution >= 4 is 11.5 Å². The van der Waals surface area contributed by atoms with Gasteiger partial charge in [-0.15, -0.1) is 0 Å². The molecule has 57 heavy (non-hydrogen) atoms. The molecule has 0 amide bonds. The molecule has 3 aromatic rings. The van der Waals surface area contributed by atoms with E-state index in [4.69, 9.17) is 4.74 Å². The third kappa shape index (κ3) is 13.1. The summed E-state index contributed by atoms with van der Waals surface area (Å²) in [6, 6.07) is 18.3. The van der Waals surface area contributed by atoms with Crippen LogP contribution in [0.15, 0.2) is 60.7 Å². The minimum atomic E-state index is -4.36. The number of piperidine rings is 1. The average molecular weight is 793 g/mol. The van der Waals surface area contributed by atoms with Crippen LogP contribution >= 0.6 is 0 Å². The van der Waals surface area contributed by atoms with Crippen molar-refractivity contribution in [3.63, 3.8) is 0 Å². The van der Waals surface area contributed by atoms with Gasteiger partial charge in [0.15, 0.2) is 5.78 Å². The van der Waals surface area contributed by atoms with Gasteiger partial charge < -0.3 is 15.0 Å². The van der Waals surface area contributed by atoms with E-state index in [0.29, 0.717) is 5.92 Å². The largest absolute Gasteiger partial charge is 0.482 e. The first-order valence-corrected chi connectivity index (χ1v) is 22.4. The maximum absolute atomic E-state index is 13.3. The molecule has 0 spiro atoms. The molecule has 2 unspecified atom stereocenters. The molecule has 2 saturated carbocycles. The van der Waals surface area contributed by atoms with Crippen molar-refractivity contribution in [2.75, 3.05) is 25.0 Å². The van der Waals surface area contributed by atoms with Crippen LogP contribution < -0.4 is 10.1 Å². The maximum atomic E-state index is 13.3. The second-order valence-electron chi connectivity index (χ2n) is 16.3. The monoisotopic (exact) mass is 793 g/mol. The highest BCUT2D eigenvalue weighted by molar-refractivity contribution is 5.98. The summed E-state index contributed by atoms with van der Waals surface area (Å²) in [5.41, 5.74) is 4.77. The van der Waals surface area contributed by atoms with Crippen molar-refractivity contribution < 1.29 is 22.7 Å². The van der Waals surface area contributed by atoms with E-state index in [-0.39, 0.29) is 23.7 Å². The molecule has 318 valence electrons. The summed E-state index contributed by atoms with van der Waals surface area (Å²) in [5.74, 6) is 2.00. The standard InChI is InChI=1S/C40H49F3N2O2.C6H14.2C2H6/c1-26-8-5-13-35(38(26)47-39(4,32-11-7-12-32)33-15-17-34(18-16-33)40(41,42)43)29-20-22-45(23-21-29)25-28(3)44-36-19-14-31(24-27(36)2)37(46)30-9-6-10-30;1-3-5-6-4-2;2*1-2/h5,8,13-19,24,28-30,32,44H,6-7,9-12,20-23,25H2,1-4H3;3-6H2,1-2H3;2*1-2H3. The molecule has 3 aliphatic rings. The zero-order chi connectivity index (χ0) is 42.2. The Hall–Kier alpha value is -3.32. The van der Waals surface area contributed by atoms with Crippen LogP contribution in [0.1, 0.15) is 177 Å². The normalized spacial score (nSPS) is 17.8. The smallest absolute Gasteiger partial charge is 0.416 e. The Bertz CT molecular complexity index is 1620. The molecule has 7 heteroatoms. The van der Waals surface area contributed by atoms with Gasteiger partial charge in [0.05, 0.1) is 5.56 Å². The Balaban J connectivity index is 0.000000787. The van der Waals surface area contributed by atoms with E-state index in [1.165, 1.54) is 43.4 Å². The number of likely N-dealkylation sites (tertiary alicyclic amines) is 1. The van der Waals surface area contributed by atoms with Crippen LogP contribution in [0, 0.1) is 25.7 Å². The minimum Gasteiger partial charge on any atom is -0.482 e. The lowest BCUT2D eigenvalue weighted by Gasteiger charge is -2.44. The zero-order valence-electron chi connectivity index (χ0n) is 37.1. The number of Topliss-reactive ketones (excluding diaryl/α,β-unsaturated/α-hetero) is 1. The number of hydrogen-bond donors (Lipinski definition) is 1. The Morgan fingerprint density at radius 3 is 1.88 bits per heavy atom. The molecular weight excluding hydrogens is 718 g/mol. The van der Waals surface area contributed by atoms with E-state index in [1.807, 2.05) is 39.8 Å². The van der Waals surface area contributed by atoms with E-state index < -0.39 is 17.3 Å². The number of benzene rings is 3. The number of halogens is 3. The molecule has 2 aliphatic carbocycles. The molecule has 0 radical (unpaired) electrons. The number of unbranched alkanes of at least 4 members (excludes halogenated alkanes) is 3. The van der Waals surface area contributed by atoms with Gasteiger partial charge in [0.2, 0.25) is 0 Å². The number of anilines is 1. The van der Waals surface area contributed by atoms with Crippen LogP contribution in [0.2, 0.25) is 0 Å². The van der Waals surface area contributed by atoms with Crippen LogP contribution in [0.4, 0.5) is 18.9 Å². The van der Waals surface area contributed by atoms with Crippen LogP contribution in [0.5, 0.6) is 5.75 Å². The van der Waals surface area contributed by atoms with Gasteiger partial charge in [-0.3, -0.25) is 4.79 Å². The van der Waals surface area contributed by atoms with E-state index in [2.05, 4.69) is 76.0 Å². The molecule has 0 bridgehead atoms. The van der Waals surface area contributed by atoms with E-state index in [9.17, 15) is 18.0 Å². The van der Waals surface area contributed by atoms with Crippen LogP contribution in [0.25, 0.3) is 0 Å². The van der Waals surface area contributed by atoms with Crippen molar-refractivity contribution in [1.82, 2.24) is 4.90 Å². The third-order valence-electron chi connectivity index (χ3n) is 12.1. The summed E-state index contributed by atoms with van der Waals surface area (Å²) >= 11 is 0. The van der Waals surface area contributed by atoms with Gasteiger partial charge in [-0.25, -0.2) is 0 Å². The number of carbonyl (C=O) groups excluding carboxylic acids is 1. The highest BCUT2D eigenvalue weighted by Gasteiger charge is 2.43. The molecule has 2 atom stereocenters. The van der Waals surface area contributed by atoms with Gasteiger partial charge >= 0.3 is 6.18 Å². The summed E-state index contributed by atoms with van der Waals surface area (Å²) in [6.07, 6.45) is 9.54. The fourth-order valence-electron chi connectivity index (χ4n) is 8.19. The summed E-state index contributed by atoms with van der Waals surface area (Å²) < 4.78 is 47.1. The van der Waals surface area contributed by atoms with E-state index in [0.717, 1.165) is 105 Å². The van der Waals surface area contributed by atoms with Gasteiger partial charge in [0, 0.05) is 35.7 Å².